The summed E-state index contributed by atoms with van der Waals surface area (Å²) in [6, 6.07) is 0. The number of nitrogens with zero attached hydrogens (tertiary/aromatic N) is 1. The van der Waals surface area contributed by atoms with Crippen LogP contribution in [0.5, 0.6) is 0 Å². The second-order valence-corrected chi connectivity index (χ2v) is 7.48. The first-order valence-corrected chi connectivity index (χ1v) is 10.4. The first kappa shape index (κ1) is 22.7. The van der Waals surface area contributed by atoms with Crippen LogP contribution in [0.4, 0.5) is 0 Å². The molecule has 0 aliphatic carbocycles. The first-order chi connectivity index (χ1) is 12.3. The lowest BCUT2D eigenvalue weighted by Crippen LogP contribution is -2.46. The van der Waals surface area contributed by atoms with E-state index in [1.54, 1.807) is 31.9 Å². The average Bonchev–Trinajstić information content (AvgIpc) is 2.98. The molecule has 26 heavy (non-hydrogen) atoms. The number of rotatable bonds is 10. The summed E-state index contributed by atoms with van der Waals surface area (Å²) in [5.74, 6) is -2.24. The highest BCUT2D eigenvalue weighted by atomic mass is 127. The molecule has 1 fully saturated rings. The molecule has 8 heteroatoms. The van der Waals surface area contributed by atoms with E-state index in [-0.39, 0.29) is 19.6 Å². The van der Waals surface area contributed by atoms with E-state index < -0.39 is 28.9 Å². The van der Waals surface area contributed by atoms with Gasteiger partial charge in [0.1, 0.15) is 5.54 Å². The molecule has 0 aromatic heterocycles. The highest BCUT2D eigenvalue weighted by Gasteiger charge is 2.48. The van der Waals surface area contributed by atoms with Gasteiger partial charge in [0.15, 0.2) is 5.41 Å². The second kappa shape index (κ2) is 10.1. The number of likely N-dealkylation sites (tertiary alicyclic amines) is 1. The number of hydrogen-bond acceptors (Lipinski definition) is 6. The molecule has 0 aromatic carbocycles. The maximum Gasteiger partial charge on any atom is 0.329 e. The molecule has 1 atom stereocenters. The summed E-state index contributed by atoms with van der Waals surface area (Å²) in [5.41, 5.74) is -2.60. The lowest BCUT2D eigenvalue weighted by molar-refractivity contribution is -0.168. The van der Waals surface area contributed by atoms with Crippen LogP contribution in [0.1, 0.15) is 46.5 Å². The molecule has 1 saturated heterocycles. The number of ether oxygens (including phenoxy) is 2. The molecule has 0 aromatic rings. The third-order valence-corrected chi connectivity index (χ3v) is 5.44. The van der Waals surface area contributed by atoms with Crippen LogP contribution in [0, 0.1) is 5.41 Å². The minimum atomic E-state index is -1.56. The molecule has 7 nitrogen and oxygen atoms in total. The third-order valence-electron chi connectivity index (χ3n) is 4.68. The smallest absolute Gasteiger partial charge is 0.329 e. The average molecular weight is 481 g/mol. The number of hydrogen-bond donors (Lipinski definition) is 1. The van der Waals surface area contributed by atoms with Crippen LogP contribution < -0.4 is 0 Å². The molecular weight excluding hydrogens is 453 g/mol. The zero-order valence-electron chi connectivity index (χ0n) is 15.6. The number of esters is 2. The Bertz CT molecular complexity index is 532. The molecule has 1 aliphatic rings. The van der Waals surface area contributed by atoms with Crippen molar-refractivity contribution in [3.05, 3.63) is 12.3 Å². The van der Waals surface area contributed by atoms with E-state index in [2.05, 4.69) is 22.6 Å². The SMILES string of the molecule is CCOC(=O)C(/C=C/N1CCC[C@@]1(C)C(=O)O)(CCCI)C(=O)OCC. The van der Waals surface area contributed by atoms with Gasteiger partial charge in [-0.3, -0.25) is 9.59 Å². The van der Waals surface area contributed by atoms with Crippen molar-refractivity contribution < 1.29 is 29.0 Å². The fourth-order valence-corrected chi connectivity index (χ4v) is 3.42. The van der Waals surface area contributed by atoms with E-state index >= 15 is 0 Å². The zero-order chi connectivity index (χ0) is 19.8. The van der Waals surface area contributed by atoms with Gasteiger partial charge < -0.3 is 19.5 Å². The Hall–Kier alpha value is -1.32. The van der Waals surface area contributed by atoms with Gasteiger partial charge in [-0.15, -0.1) is 0 Å². The van der Waals surface area contributed by atoms with Gasteiger partial charge in [-0.1, -0.05) is 22.6 Å². The van der Waals surface area contributed by atoms with Gasteiger partial charge >= 0.3 is 17.9 Å². The maximum absolute atomic E-state index is 12.7. The summed E-state index contributed by atoms with van der Waals surface area (Å²) in [4.78, 5) is 38.7. The van der Waals surface area contributed by atoms with Gasteiger partial charge in [-0.2, -0.15) is 0 Å². The normalized spacial score (nSPS) is 20.4. The zero-order valence-corrected chi connectivity index (χ0v) is 17.8. The number of carbonyl (C=O) groups is 3. The summed E-state index contributed by atoms with van der Waals surface area (Å²) < 4.78 is 11.1. The predicted octanol–water partition coefficient (Wildman–Crippen LogP) is 2.77. The van der Waals surface area contributed by atoms with Crippen LogP contribution in [0.25, 0.3) is 0 Å². The number of carboxylic acids is 1. The second-order valence-electron chi connectivity index (χ2n) is 6.40. The molecule has 1 rings (SSSR count). The Kier molecular flexibility index (Phi) is 8.85. The van der Waals surface area contributed by atoms with Gasteiger partial charge in [0, 0.05) is 6.54 Å². The maximum atomic E-state index is 12.7. The fraction of sp³-hybridized carbons (Fsp3) is 0.722. The van der Waals surface area contributed by atoms with Crippen molar-refractivity contribution in [3.8, 4) is 0 Å². The molecule has 0 bridgehead atoms. The van der Waals surface area contributed by atoms with Crippen LogP contribution in [0.15, 0.2) is 12.3 Å². The monoisotopic (exact) mass is 481 g/mol. The molecule has 1 N–H and O–H groups in total. The van der Waals surface area contributed by atoms with Gasteiger partial charge in [-0.05, 0) is 63.2 Å². The first-order valence-electron chi connectivity index (χ1n) is 8.88. The Labute approximate surface area is 168 Å². The molecule has 0 unspecified atom stereocenters. The molecule has 0 saturated carbocycles. The lowest BCUT2D eigenvalue weighted by Gasteiger charge is -2.32. The summed E-state index contributed by atoms with van der Waals surface area (Å²) >= 11 is 2.18. The topological polar surface area (TPSA) is 93.1 Å². The Balaban J connectivity index is 3.26. The molecule has 148 valence electrons. The van der Waals surface area contributed by atoms with E-state index in [0.29, 0.717) is 19.4 Å². The standard InChI is InChI=1S/C18H28INO6/c1-4-25-15(23)18(9-6-11-19,16(24)26-5-2)10-13-20-12-7-8-17(20,3)14(21)22/h10,13H,4-9,11-12H2,1-3H3,(H,21,22)/b13-10+/t17-/m0/s1. The van der Waals surface area contributed by atoms with Crippen molar-refractivity contribution in [2.45, 2.75) is 52.0 Å². The minimum Gasteiger partial charge on any atom is -0.480 e. The van der Waals surface area contributed by atoms with Gasteiger partial charge in [0.2, 0.25) is 0 Å². The number of halogens is 1. The van der Waals surface area contributed by atoms with Crippen molar-refractivity contribution in [1.82, 2.24) is 4.90 Å². The van der Waals surface area contributed by atoms with E-state index in [4.69, 9.17) is 9.47 Å². The van der Waals surface area contributed by atoms with Gasteiger partial charge in [0.05, 0.1) is 13.2 Å². The van der Waals surface area contributed by atoms with Gasteiger partial charge in [-0.25, -0.2) is 4.79 Å². The highest BCUT2D eigenvalue weighted by Crippen LogP contribution is 2.34. The van der Waals surface area contributed by atoms with E-state index in [1.165, 1.54) is 6.08 Å². The third kappa shape index (κ3) is 4.89. The minimum absolute atomic E-state index is 0.147. The molecular formula is C18H28INO6. The van der Waals surface area contributed by atoms with Crippen molar-refractivity contribution >= 4 is 40.5 Å². The van der Waals surface area contributed by atoms with E-state index in [9.17, 15) is 19.5 Å². The van der Waals surface area contributed by atoms with Gasteiger partial charge in [0.25, 0.3) is 0 Å². The van der Waals surface area contributed by atoms with Crippen LogP contribution in [0.3, 0.4) is 0 Å². The van der Waals surface area contributed by atoms with Crippen LogP contribution in [-0.4, -0.2) is 57.6 Å². The van der Waals surface area contributed by atoms with E-state index in [0.717, 1.165) is 10.8 Å². The summed E-state index contributed by atoms with van der Waals surface area (Å²) in [6.45, 7) is 5.85. The Morgan fingerprint density at radius 1 is 1.23 bits per heavy atom. The van der Waals surface area contributed by atoms with Crippen LogP contribution in [0.2, 0.25) is 0 Å². The van der Waals surface area contributed by atoms with E-state index in [1.807, 2.05) is 0 Å². The molecule has 1 heterocycles. The van der Waals surface area contributed by atoms with Crippen LogP contribution >= 0.6 is 22.6 Å². The van der Waals surface area contributed by atoms with Crippen LogP contribution in [-0.2, 0) is 23.9 Å². The molecule has 0 amide bonds. The molecule has 0 spiro atoms. The number of aliphatic carboxylic acids is 1. The quantitative estimate of drug-likeness (QED) is 0.222. The van der Waals surface area contributed by atoms with Crippen molar-refractivity contribution in [2.24, 2.45) is 5.41 Å². The number of carbonyl (C=O) groups excluding carboxylic acids is 2. The summed E-state index contributed by atoms with van der Waals surface area (Å²) in [5, 5.41) is 9.54. The van der Waals surface area contributed by atoms with Crippen molar-refractivity contribution in [2.75, 3.05) is 24.2 Å². The lowest BCUT2D eigenvalue weighted by atomic mass is 9.83. The van der Waals surface area contributed by atoms with Crippen molar-refractivity contribution in [3.63, 3.8) is 0 Å². The Morgan fingerprint density at radius 2 is 1.81 bits per heavy atom. The number of carboxylic acid groups (broad SMARTS) is 1. The summed E-state index contributed by atoms with van der Waals surface area (Å²) in [7, 11) is 0. The predicted molar refractivity (Wildman–Crippen MR) is 105 cm³/mol. The fourth-order valence-electron chi connectivity index (χ4n) is 3.04. The summed E-state index contributed by atoms with van der Waals surface area (Å²) in [6.07, 6.45) is 5.14. The largest absolute Gasteiger partial charge is 0.480 e. The highest BCUT2D eigenvalue weighted by molar-refractivity contribution is 14.1. The molecule has 0 radical (unpaired) electrons. The van der Waals surface area contributed by atoms with Crippen molar-refractivity contribution in [1.29, 1.82) is 0 Å². The molecule has 1 aliphatic heterocycles. The number of alkyl halides is 1. The Morgan fingerprint density at radius 3 is 2.27 bits per heavy atom.